The molecule has 9 heavy (non-hydrogen) atoms. The Morgan fingerprint density at radius 3 is 2.67 bits per heavy atom. The summed E-state index contributed by atoms with van der Waals surface area (Å²) in [5, 5.41) is 2.41. The van der Waals surface area contributed by atoms with Gasteiger partial charge in [-0.05, 0) is 6.08 Å². The van der Waals surface area contributed by atoms with Crippen molar-refractivity contribution >= 4 is 29.1 Å². The molecule has 0 unspecified atom stereocenters. The van der Waals surface area contributed by atoms with Gasteiger partial charge in [0.05, 0.1) is 0 Å². The molecule has 0 spiro atoms. The fraction of sp³-hybridized carbons (Fsp3) is 0.400. The molecule has 0 aromatic carbocycles. The highest BCUT2D eigenvalue weighted by Crippen LogP contribution is 1.97. The molecule has 0 aliphatic carbocycles. The Hall–Kier alpha value is -0.210. The third kappa shape index (κ3) is 5.66. The third-order valence-corrected chi connectivity index (χ3v) is 0.925. The molecule has 0 bridgehead atoms. The molecule has 0 atom stereocenters. The lowest BCUT2D eigenvalue weighted by atomic mass is 10.6. The maximum Gasteiger partial charge on any atom is 0.243 e. The molecule has 1 amide bonds. The first-order chi connectivity index (χ1) is 4.16. The van der Waals surface area contributed by atoms with E-state index in [2.05, 4.69) is 11.9 Å². The summed E-state index contributed by atoms with van der Waals surface area (Å²) in [4.78, 5) is 9.82. The van der Waals surface area contributed by atoms with Crippen molar-refractivity contribution in [1.29, 1.82) is 0 Å². The molecule has 0 aromatic rings. The van der Waals surface area contributed by atoms with Gasteiger partial charge in [-0.3, -0.25) is 4.79 Å². The highest BCUT2D eigenvalue weighted by molar-refractivity contribution is 6.44. The van der Waals surface area contributed by atoms with E-state index in [1.54, 1.807) is 0 Å². The molecule has 0 saturated heterocycles. The molecule has 0 heterocycles. The summed E-state index contributed by atoms with van der Waals surface area (Å²) in [7, 11) is 0. The first kappa shape index (κ1) is 8.79. The number of rotatable bonds is 3. The van der Waals surface area contributed by atoms with E-state index in [1.807, 2.05) is 0 Å². The third-order valence-electron chi connectivity index (χ3n) is 0.616. The van der Waals surface area contributed by atoms with Gasteiger partial charge in [0.1, 0.15) is 4.84 Å². The van der Waals surface area contributed by atoms with Gasteiger partial charge in [0.25, 0.3) is 0 Å². The SMILES string of the molecule is C=CC(=O)NCC(Cl)Cl. The van der Waals surface area contributed by atoms with Crippen LogP contribution in [-0.4, -0.2) is 17.3 Å². The van der Waals surface area contributed by atoms with Crippen LogP contribution in [0.4, 0.5) is 0 Å². The van der Waals surface area contributed by atoms with Gasteiger partial charge < -0.3 is 5.32 Å². The maximum atomic E-state index is 10.4. The molecule has 0 aliphatic rings. The number of alkyl halides is 2. The van der Waals surface area contributed by atoms with E-state index in [0.29, 0.717) is 0 Å². The van der Waals surface area contributed by atoms with Gasteiger partial charge in [0.2, 0.25) is 5.91 Å². The summed E-state index contributed by atoms with van der Waals surface area (Å²) < 4.78 is 0. The molecule has 2 nitrogen and oxygen atoms in total. The molecule has 52 valence electrons. The van der Waals surface area contributed by atoms with Crippen molar-refractivity contribution in [1.82, 2.24) is 5.32 Å². The molecule has 0 radical (unpaired) electrons. The van der Waals surface area contributed by atoms with E-state index in [4.69, 9.17) is 23.2 Å². The smallest absolute Gasteiger partial charge is 0.243 e. The Bertz CT molecular complexity index is 114. The number of nitrogens with one attached hydrogen (secondary N) is 1. The van der Waals surface area contributed by atoms with Crippen LogP contribution in [0, 0.1) is 0 Å². The summed E-state index contributed by atoms with van der Waals surface area (Å²) in [6, 6.07) is 0. The summed E-state index contributed by atoms with van der Waals surface area (Å²) in [5.41, 5.74) is 0. The van der Waals surface area contributed by atoms with Crippen LogP contribution in [0.2, 0.25) is 0 Å². The lowest BCUT2D eigenvalue weighted by Gasteiger charge is -1.99. The van der Waals surface area contributed by atoms with Crippen LogP contribution in [-0.2, 0) is 4.79 Å². The summed E-state index contributed by atoms with van der Waals surface area (Å²) in [6.45, 7) is 3.50. The topological polar surface area (TPSA) is 29.1 Å². The zero-order valence-electron chi connectivity index (χ0n) is 4.73. The fourth-order valence-electron chi connectivity index (χ4n) is 0.250. The standard InChI is InChI=1S/C5H7Cl2NO/c1-2-5(9)8-3-4(6)7/h2,4H,1,3H2,(H,8,9). The van der Waals surface area contributed by atoms with Crippen LogP contribution in [0.3, 0.4) is 0 Å². The molecule has 0 fully saturated rings. The lowest BCUT2D eigenvalue weighted by molar-refractivity contribution is -0.116. The Morgan fingerprint density at radius 2 is 2.33 bits per heavy atom. The molecule has 0 rings (SSSR count). The minimum absolute atomic E-state index is 0.258. The van der Waals surface area contributed by atoms with Crippen LogP contribution in [0.5, 0.6) is 0 Å². The van der Waals surface area contributed by atoms with E-state index < -0.39 is 4.84 Å². The quantitative estimate of drug-likeness (QED) is 0.496. The van der Waals surface area contributed by atoms with Crippen molar-refractivity contribution in [3.05, 3.63) is 12.7 Å². The minimum Gasteiger partial charge on any atom is -0.350 e. The second kappa shape index (κ2) is 4.65. The van der Waals surface area contributed by atoms with Gasteiger partial charge in [0.15, 0.2) is 0 Å². The Morgan fingerprint density at radius 1 is 1.78 bits per heavy atom. The van der Waals surface area contributed by atoms with Crippen molar-refractivity contribution in [2.75, 3.05) is 6.54 Å². The number of carbonyl (C=O) groups is 1. The van der Waals surface area contributed by atoms with Crippen molar-refractivity contribution in [2.45, 2.75) is 4.84 Å². The van der Waals surface area contributed by atoms with Crippen LogP contribution in [0.15, 0.2) is 12.7 Å². The Kier molecular flexibility index (Phi) is 4.54. The van der Waals surface area contributed by atoms with E-state index >= 15 is 0 Å². The lowest BCUT2D eigenvalue weighted by Crippen LogP contribution is -2.25. The van der Waals surface area contributed by atoms with E-state index in [1.165, 1.54) is 0 Å². The van der Waals surface area contributed by atoms with Gasteiger partial charge in [-0.2, -0.15) is 0 Å². The Labute approximate surface area is 63.8 Å². The fourth-order valence-corrected chi connectivity index (χ4v) is 0.404. The highest BCUT2D eigenvalue weighted by Gasteiger charge is 1.98. The number of hydrogen-bond acceptors (Lipinski definition) is 1. The van der Waals surface area contributed by atoms with Crippen molar-refractivity contribution in [2.24, 2.45) is 0 Å². The van der Waals surface area contributed by atoms with E-state index in [0.717, 1.165) is 6.08 Å². The molecule has 1 N–H and O–H groups in total. The summed E-state index contributed by atoms with van der Waals surface area (Å²) in [6.07, 6.45) is 1.16. The van der Waals surface area contributed by atoms with Gasteiger partial charge >= 0.3 is 0 Å². The number of halogens is 2. The molecule has 4 heteroatoms. The van der Waals surface area contributed by atoms with E-state index in [-0.39, 0.29) is 12.5 Å². The number of hydrogen-bond donors (Lipinski definition) is 1. The summed E-state index contributed by atoms with van der Waals surface area (Å²) in [5.74, 6) is -0.263. The predicted molar refractivity (Wildman–Crippen MR) is 38.7 cm³/mol. The zero-order valence-corrected chi connectivity index (χ0v) is 6.24. The second-order valence-corrected chi connectivity index (χ2v) is 2.62. The zero-order chi connectivity index (χ0) is 7.28. The normalized spacial score (nSPS) is 9.22. The van der Waals surface area contributed by atoms with Crippen LogP contribution >= 0.6 is 23.2 Å². The maximum absolute atomic E-state index is 10.4. The second-order valence-electron chi connectivity index (χ2n) is 1.34. The minimum atomic E-state index is -0.547. The van der Waals surface area contributed by atoms with Gasteiger partial charge in [-0.15, -0.1) is 23.2 Å². The summed E-state index contributed by atoms with van der Waals surface area (Å²) >= 11 is 10.6. The predicted octanol–water partition coefficient (Wildman–Crippen LogP) is 1.09. The van der Waals surface area contributed by atoms with E-state index in [9.17, 15) is 4.79 Å². The first-order valence-electron chi connectivity index (χ1n) is 2.35. The Balaban J connectivity index is 3.27. The van der Waals surface area contributed by atoms with Gasteiger partial charge in [-0.25, -0.2) is 0 Å². The molecule has 0 aromatic heterocycles. The first-order valence-corrected chi connectivity index (χ1v) is 3.22. The average Bonchev–Trinajstić information content (AvgIpc) is 1.83. The van der Waals surface area contributed by atoms with Gasteiger partial charge in [0, 0.05) is 6.54 Å². The average molecular weight is 168 g/mol. The monoisotopic (exact) mass is 167 g/mol. The van der Waals surface area contributed by atoms with Gasteiger partial charge in [-0.1, -0.05) is 6.58 Å². The van der Waals surface area contributed by atoms with Crippen LogP contribution in [0.25, 0.3) is 0 Å². The largest absolute Gasteiger partial charge is 0.350 e. The number of carbonyl (C=O) groups excluding carboxylic acids is 1. The number of amides is 1. The molecule has 0 aliphatic heterocycles. The van der Waals surface area contributed by atoms with Crippen molar-refractivity contribution in [3.8, 4) is 0 Å². The van der Waals surface area contributed by atoms with Crippen molar-refractivity contribution in [3.63, 3.8) is 0 Å². The van der Waals surface area contributed by atoms with Crippen LogP contribution in [0.1, 0.15) is 0 Å². The molecular weight excluding hydrogens is 161 g/mol. The van der Waals surface area contributed by atoms with Crippen LogP contribution < -0.4 is 5.32 Å². The molecule has 0 saturated carbocycles. The van der Waals surface area contributed by atoms with Crippen molar-refractivity contribution < 1.29 is 4.79 Å². The molecular formula is C5H7Cl2NO. The highest BCUT2D eigenvalue weighted by atomic mass is 35.5.